The Morgan fingerprint density at radius 2 is 1.70 bits per heavy atom. The fourth-order valence-electron chi connectivity index (χ4n) is 2.14. The molecule has 1 N–H and O–H groups in total. The summed E-state index contributed by atoms with van der Waals surface area (Å²) in [5, 5.41) is 9.78. The fourth-order valence-corrected chi connectivity index (χ4v) is 2.14. The quantitative estimate of drug-likeness (QED) is 0.882. The molecule has 0 aliphatic carbocycles. The standard InChI is InChI=1S/C18H22O2/c1-4-15-6-8-16(9-7-15)12-20-18-11-13(2)5-10-17(18)14(3)19/h5-11,14,19H,4,12H2,1-3H3/t14-/m1/s1. The summed E-state index contributed by atoms with van der Waals surface area (Å²) in [6.45, 7) is 6.45. The van der Waals surface area contributed by atoms with Crippen molar-refractivity contribution in [2.45, 2.75) is 39.9 Å². The maximum absolute atomic E-state index is 9.78. The Bertz CT molecular complexity index is 556. The Labute approximate surface area is 121 Å². The maximum Gasteiger partial charge on any atom is 0.125 e. The lowest BCUT2D eigenvalue weighted by atomic mass is 10.1. The molecule has 0 fully saturated rings. The van der Waals surface area contributed by atoms with Crippen molar-refractivity contribution in [2.24, 2.45) is 0 Å². The van der Waals surface area contributed by atoms with E-state index in [1.54, 1.807) is 6.92 Å². The van der Waals surface area contributed by atoms with Crippen LogP contribution < -0.4 is 4.74 Å². The lowest BCUT2D eigenvalue weighted by Gasteiger charge is -2.14. The van der Waals surface area contributed by atoms with Crippen molar-refractivity contribution in [3.63, 3.8) is 0 Å². The third-order valence-corrected chi connectivity index (χ3v) is 3.44. The van der Waals surface area contributed by atoms with Crippen LogP contribution in [0.25, 0.3) is 0 Å². The van der Waals surface area contributed by atoms with Gasteiger partial charge in [-0.15, -0.1) is 0 Å². The summed E-state index contributed by atoms with van der Waals surface area (Å²) in [5.74, 6) is 0.763. The Balaban J connectivity index is 2.11. The topological polar surface area (TPSA) is 29.5 Å². The van der Waals surface area contributed by atoms with Crippen LogP contribution in [0, 0.1) is 6.92 Å². The summed E-state index contributed by atoms with van der Waals surface area (Å²) in [4.78, 5) is 0. The number of rotatable bonds is 5. The van der Waals surface area contributed by atoms with E-state index in [1.807, 2.05) is 25.1 Å². The minimum absolute atomic E-state index is 0.520. The van der Waals surface area contributed by atoms with E-state index in [1.165, 1.54) is 5.56 Å². The Hall–Kier alpha value is -1.80. The molecule has 0 amide bonds. The van der Waals surface area contributed by atoms with E-state index < -0.39 is 6.10 Å². The van der Waals surface area contributed by atoms with Crippen molar-refractivity contribution in [2.75, 3.05) is 0 Å². The second-order valence-corrected chi connectivity index (χ2v) is 5.18. The van der Waals surface area contributed by atoms with Crippen LogP contribution in [0.1, 0.15) is 42.2 Å². The summed E-state index contributed by atoms with van der Waals surface area (Å²) >= 11 is 0. The molecule has 2 aromatic carbocycles. The van der Waals surface area contributed by atoms with Gasteiger partial charge in [0.15, 0.2) is 0 Å². The number of aryl methyl sites for hydroxylation is 2. The van der Waals surface area contributed by atoms with Gasteiger partial charge >= 0.3 is 0 Å². The molecule has 0 saturated heterocycles. The molecule has 0 spiro atoms. The molecule has 2 aromatic rings. The minimum Gasteiger partial charge on any atom is -0.489 e. The van der Waals surface area contributed by atoms with Crippen LogP contribution >= 0.6 is 0 Å². The molecule has 0 radical (unpaired) electrons. The van der Waals surface area contributed by atoms with E-state index in [2.05, 4.69) is 31.2 Å². The predicted molar refractivity (Wildman–Crippen MR) is 82.0 cm³/mol. The Kier molecular flexibility index (Phi) is 4.80. The normalized spacial score (nSPS) is 12.2. The minimum atomic E-state index is -0.520. The second kappa shape index (κ2) is 6.58. The number of aliphatic hydroxyl groups is 1. The van der Waals surface area contributed by atoms with E-state index >= 15 is 0 Å². The third-order valence-electron chi connectivity index (χ3n) is 3.44. The van der Waals surface area contributed by atoms with Gasteiger partial charge < -0.3 is 9.84 Å². The molecule has 2 rings (SSSR count). The predicted octanol–water partition coefficient (Wildman–Crippen LogP) is 4.19. The first-order valence-electron chi connectivity index (χ1n) is 7.09. The maximum atomic E-state index is 9.78. The van der Waals surface area contributed by atoms with Gasteiger partial charge in [0.2, 0.25) is 0 Å². The average molecular weight is 270 g/mol. The van der Waals surface area contributed by atoms with Gasteiger partial charge in [0, 0.05) is 5.56 Å². The lowest BCUT2D eigenvalue weighted by Crippen LogP contribution is -2.01. The van der Waals surface area contributed by atoms with E-state index in [4.69, 9.17) is 4.74 Å². The summed E-state index contributed by atoms with van der Waals surface area (Å²) in [6.07, 6.45) is 0.527. The van der Waals surface area contributed by atoms with E-state index in [-0.39, 0.29) is 0 Å². The molecule has 106 valence electrons. The molecule has 0 bridgehead atoms. The van der Waals surface area contributed by atoms with Crippen LogP contribution in [0.4, 0.5) is 0 Å². The summed E-state index contributed by atoms with van der Waals surface area (Å²) in [6, 6.07) is 14.3. The highest BCUT2D eigenvalue weighted by atomic mass is 16.5. The van der Waals surface area contributed by atoms with Crippen molar-refractivity contribution in [1.29, 1.82) is 0 Å². The van der Waals surface area contributed by atoms with Crippen LogP contribution in [-0.2, 0) is 13.0 Å². The molecule has 0 aliphatic rings. The van der Waals surface area contributed by atoms with Gasteiger partial charge in [-0.25, -0.2) is 0 Å². The molecule has 0 unspecified atom stereocenters. The molecule has 0 aliphatic heterocycles. The molecule has 0 saturated carbocycles. The van der Waals surface area contributed by atoms with Crippen LogP contribution in [-0.4, -0.2) is 5.11 Å². The van der Waals surface area contributed by atoms with E-state index in [0.717, 1.165) is 28.9 Å². The highest BCUT2D eigenvalue weighted by molar-refractivity contribution is 5.38. The van der Waals surface area contributed by atoms with E-state index in [0.29, 0.717) is 6.61 Å². The number of benzene rings is 2. The second-order valence-electron chi connectivity index (χ2n) is 5.18. The molecule has 20 heavy (non-hydrogen) atoms. The van der Waals surface area contributed by atoms with Crippen molar-refractivity contribution in [3.05, 3.63) is 64.7 Å². The molecule has 0 aromatic heterocycles. The van der Waals surface area contributed by atoms with Crippen molar-refractivity contribution in [3.8, 4) is 5.75 Å². The largest absolute Gasteiger partial charge is 0.489 e. The Morgan fingerprint density at radius 3 is 2.30 bits per heavy atom. The molecule has 2 heteroatoms. The van der Waals surface area contributed by atoms with Gasteiger partial charge in [0.1, 0.15) is 12.4 Å². The van der Waals surface area contributed by atoms with Gasteiger partial charge in [-0.1, -0.05) is 43.3 Å². The number of ether oxygens (including phenoxy) is 1. The molecule has 1 atom stereocenters. The van der Waals surface area contributed by atoms with Gasteiger partial charge in [-0.2, -0.15) is 0 Å². The van der Waals surface area contributed by atoms with Gasteiger partial charge in [-0.05, 0) is 43.0 Å². The lowest BCUT2D eigenvalue weighted by molar-refractivity contribution is 0.190. The smallest absolute Gasteiger partial charge is 0.125 e. The van der Waals surface area contributed by atoms with Gasteiger partial charge in [0.05, 0.1) is 6.10 Å². The van der Waals surface area contributed by atoms with Gasteiger partial charge in [0.25, 0.3) is 0 Å². The number of hydrogen-bond acceptors (Lipinski definition) is 2. The van der Waals surface area contributed by atoms with Gasteiger partial charge in [-0.3, -0.25) is 0 Å². The molecular formula is C18H22O2. The molecule has 0 heterocycles. The fraction of sp³-hybridized carbons (Fsp3) is 0.333. The summed E-state index contributed by atoms with van der Waals surface area (Å²) in [5.41, 5.74) is 4.43. The zero-order valence-corrected chi connectivity index (χ0v) is 12.4. The molecular weight excluding hydrogens is 248 g/mol. The highest BCUT2D eigenvalue weighted by Gasteiger charge is 2.09. The first-order valence-corrected chi connectivity index (χ1v) is 7.09. The van der Waals surface area contributed by atoms with Crippen molar-refractivity contribution < 1.29 is 9.84 Å². The SMILES string of the molecule is CCc1ccc(COc2cc(C)ccc2[C@@H](C)O)cc1. The zero-order valence-electron chi connectivity index (χ0n) is 12.4. The Morgan fingerprint density at radius 1 is 1.05 bits per heavy atom. The zero-order chi connectivity index (χ0) is 14.5. The van der Waals surface area contributed by atoms with E-state index in [9.17, 15) is 5.11 Å². The van der Waals surface area contributed by atoms with Crippen LogP contribution in [0.15, 0.2) is 42.5 Å². The summed E-state index contributed by atoms with van der Waals surface area (Å²) < 4.78 is 5.88. The molecule has 2 nitrogen and oxygen atoms in total. The van der Waals surface area contributed by atoms with Crippen molar-refractivity contribution in [1.82, 2.24) is 0 Å². The average Bonchev–Trinajstić information content (AvgIpc) is 2.45. The number of hydrogen-bond donors (Lipinski definition) is 1. The summed E-state index contributed by atoms with van der Waals surface area (Å²) in [7, 11) is 0. The first kappa shape index (κ1) is 14.6. The van der Waals surface area contributed by atoms with Crippen LogP contribution in [0.2, 0.25) is 0 Å². The highest BCUT2D eigenvalue weighted by Crippen LogP contribution is 2.27. The van der Waals surface area contributed by atoms with Crippen molar-refractivity contribution >= 4 is 0 Å². The first-order chi connectivity index (χ1) is 9.60. The number of aliphatic hydroxyl groups excluding tert-OH is 1. The van der Waals surface area contributed by atoms with Crippen LogP contribution in [0.3, 0.4) is 0 Å². The monoisotopic (exact) mass is 270 g/mol. The third kappa shape index (κ3) is 3.61. The van der Waals surface area contributed by atoms with Crippen LogP contribution in [0.5, 0.6) is 5.75 Å².